The number of carboxylic acid groups (broad SMARTS) is 2. The van der Waals surface area contributed by atoms with Gasteiger partial charge in [0.2, 0.25) is 11.8 Å². The Morgan fingerprint density at radius 1 is 0.509 bits per heavy atom. The average Bonchev–Trinajstić information content (AvgIpc) is 3.11. The summed E-state index contributed by atoms with van der Waals surface area (Å²) >= 11 is 0. The van der Waals surface area contributed by atoms with Crippen molar-refractivity contribution in [3.05, 3.63) is 0 Å². The molecule has 0 spiro atoms. The van der Waals surface area contributed by atoms with Gasteiger partial charge in [-0.1, -0.05) is 90.9 Å². The molecule has 0 aromatic rings. The molecular weight excluding hydrogens is 688 g/mol. The maximum atomic E-state index is 12.3. The van der Waals surface area contributed by atoms with Crippen LogP contribution in [0, 0.1) is 5.92 Å². The van der Waals surface area contributed by atoms with E-state index in [9.17, 15) is 33.9 Å². The molecule has 0 aliphatic heterocycles. The van der Waals surface area contributed by atoms with Crippen LogP contribution in [0.25, 0.3) is 0 Å². The topological polar surface area (TPSA) is 204 Å². The van der Waals surface area contributed by atoms with E-state index in [-0.39, 0.29) is 94.6 Å². The molecule has 0 radical (unpaired) electrons. The smallest absolute Gasteiger partial charge is 0.326 e. The predicted octanol–water partition coefficient (Wildman–Crippen LogP) is 5.42. The fraction of sp³-hybridized carbons (Fsp3) is 0.846. The summed E-state index contributed by atoms with van der Waals surface area (Å²) in [6.07, 6.45) is 16.5. The van der Waals surface area contributed by atoms with Gasteiger partial charge in [-0.2, -0.15) is 0 Å². The standard InChI is InChI=1S/C39H70N2O12/c1-32(2)35(43)31-53-29-26-50-24-17-18-33(42)30-52-28-27-51-25-23-40-36(44)22-21-34(39(48)49)41-37(45)19-15-13-11-9-7-5-3-4-6-8-10-12-14-16-20-38(46)47/h32,34H,3-31H2,1-2H3,(H,40,44)(H,41,45)(H,46,47)(H,48,49)/t34-/m0/s1. The van der Waals surface area contributed by atoms with Gasteiger partial charge in [0.15, 0.2) is 11.6 Å². The largest absolute Gasteiger partial charge is 0.481 e. The zero-order chi connectivity index (χ0) is 39.4. The maximum Gasteiger partial charge on any atom is 0.326 e. The highest BCUT2D eigenvalue weighted by molar-refractivity contribution is 5.84. The minimum absolute atomic E-state index is 0.0103. The minimum atomic E-state index is -1.17. The van der Waals surface area contributed by atoms with Gasteiger partial charge in [0.1, 0.15) is 19.3 Å². The van der Waals surface area contributed by atoms with E-state index in [2.05, 4.69) is 10.6 Å². The second-order valence-electron chi connectivity index (χ2n) is 13.8. The number of ether oxygens (including phenoxy) is 4. The summed E-state index contributed by atoms with van der Waals surface area (Å²) < 4.78 is 21.3. The lowest BCUT2D eigenvalue weighted by Crippen LogP contribution is -2.41. The Hall–Kier alpha value is -2.94. The molecule has 0 bridgehead atoms. The molecule has 0 rings (SSSR count). The van der Waals surface area contributed by atoms with Crippen LogP contribution in [-0.4, -0.2) is 111 Å². The third-order valence-corrected chi connectivity index (χ3v) is 8.55. The average molecular weight is 759 g/mol. The monoisotopic (exact) mass is 758 g/mol. The number of ketones is 2. The molecule has 0 aromatic heterocycles. The third-order valence-electron chi connectivity index (χ3n) is 8.55. The summed E-state index contributed by atoms with van der Waals surface area (Å²) in [5, 5.41) is 23.3. The number of amides is 2. The van der Waals surface area contributed by atoms with Gasteiger partial charge < -0.3 is 39.8 Å². The summed E-state index contributed by atoms with van der Waals surface area (Å²) in [6.45, 7) is 5.76. The number of carbonyl (C=O) groups excluding carboxylic acids is 4. The van der Waals surface area contributed by atoms with E-state index in [1.807, 2.05) is 13.8 Å². The zero-order valence-electron chi connectivity index (χ0n) is 32.6. The number of nitrogens with one attached hydrogen (secondary N) is 2. The Labute approximate surface area is 317 Å². The van der Waals surface area contributed by atoms with Crippen LogP contribution in [0.4, 0.5) is 0 Å². The number of hydrogen-bond acceptors (Lipinski definition) is 10. The van der Waals surface area contributed by atoms with E-state index in [0.717, 1.165) is 38.5 Å². The van der Waals surface area contributed by atoms with Gasteiger partial charge in [0, 0.05) is 44.8 Å². The number of Topliss-reactive ketones (excluding diaryl/α,β-unsaturated/α-hetero) is 2. The first-order chi connectivity index (χ1) is 25.5. The van der Waals surface area contributed by atoms with Crippen molar-refractivity contribution >= 4 is 35.3 Å². The van der Waals surface area contributed by atoms with Crippen molar-refractivity contribution in [2.24, 2.45) is 5.92 Å². The third kappa shape index (κ3) is 35.8. The first kappa shape index (κ1) is 50.1. The van der Waals surface area contributed by atoms with Gasteiger partial charge in [-0.15, -0.1) is 0 Å². The highest BCUT2D eigenvalue weighted by Gasteiger charge is 2.20. The van der Waals surface area contributed by atoms with E-state index in [0.29, 0.717) is 39.1 Å². The lowest BCUT2D eigenvalue weighted by molar-refractivity contribution is -0.142. The molecule has 2 amide bonds. The summed E-state index contributed by atoms with van der Waals surface area (Å²) in [4.78, 5) is 69.9. The van der Waals surface area contributed by atoms with Crippen LogP contribution >= 0.6 is 0 Å². The Bertz CT molecular complexity index is 992. The summed E-state index contributed by atoms with van der Waals surface area (Å²) in [5.41, 5.74) is 0. The Morgan fingerprint density at radius 3 is 1.53 bits per heavy atom. The number of hydrogen-bond donors (Lipinski definition) is 4. The Kier molecular flexibility index (Phi) is 34.1. The molecule has 0 aliphatic carbocycles. The zero-order valence-corrected chi connectivity index (χ0v) is 32.6. The lowest BCUT2D eigenvalue weighted by atomic mass is 10.0. The molecule has 14 nitrogen and oxygen atoms in total. The number of unbranched alkanes of at least 4 members (excludes halogenated alkanes) is 13. The molecule has 4 N–H and O–H groups in total. The maximum absolute atomic E-state index is 12.3. The normalized spacial score (nSPS) is 11.8. The van der Waals surface area contributed by atoms with Crippen LogP contribution in [0.2, 0.25) is 0 Å². The molecule has 53 heavy (non-hydrogen) atoms. The molecule has 14 heteroatoms. The van der Waals surface area contributed by atoms with Crippen LogP contribution in [0.1, 0.15) is 142 Å². The van der Waals surface area contributed by atoms with Gasteiger partial charge in [-0.05, 0) is 25.7 Å². The molecule has 0 saturated carbocycles. The Morgan fingerprint density at radius 2 is 1.00 bits per heavy atom. The number of rotatable bonds is 40. The predicted molar refractivity (Wildman–Crippen MR) is 201 cm³/mol. The number of carboxylic acids is 2. The van der Waals surface area contributed by atoms with E-state index >= 15 is 0 Å². The molecular formula is C39H70N2O12. The molecule has 308 valence electrons. The number of aliphatic carboxylic acids is 2. The van der Waals surface area contributed by atoms with Crippen LogP contribution in [0.5, 0.6) is 0 Å². The van der Waals surface area contributed by atoms with Gasteiger partial charge in [-0.25, -0.2) is 4.79 Å². The molecule has 0 saturated heterocycles. The second kappa shape index (κ2) is 36.1. The van der Waals surface area contributed by atoms with E-state index in [1.54, 1.807) is 0 Å². The molecule has 0 unspecified atom stereocenters. The highest BCUT2D eigenvalue weighted by Crippen LogP contribution is 2.14. The second-order valence-corrected chi connectivity index (χ2v) is 13.8. The highest BCUT2D eigenvalue weighted by atomic mass is 16.5. The van der Waals surface area contributed by atoms with Crippen molar-refractivity contribution in [1.29, 1.82) is 0 Å². The van der Waals surface area contributed by atoms with Crippen LogP contribution < -0.4 is 10.6 Å². The van der Waals surface area contributed by atoms with Gasteiger partial charge in [0.05, 0.1) is 33.0 Å². The van der Waals surface area contributed by atoms with Crippen molar-refractivity contribution in [3.63, 3.8) is 0 Å². The fourth-order valence-corrected chi connectivity index (χ4v) is 5.24. The minimum Gasteiger partial charge on any atom is -0.481 e. The molecule has 0 aliphatic rings. The van der Waals surface area contributed by atoms with Crippen molar-refractivity contribution < 1.29 is 57.9 Å². The Balaban J connectivity index is 3.66. The van der Waals surface area contributed by atoms with Gasteiger partial charge in [0.25, 0.3) is 0 Å². The van der Waals surface area contributed by atoms with Crippen LogP contribution in [0.3, 0.4) is 0 Å². The summed E-state index contributed by atoms with van der Waals surface area (Å²) in [6, 6.07) is -1.12. The van der Waals surface area contributed by atoms with E-state index in [4.69, 9.17) is 24.1 Å². The number of carbonyl (C=O) groups is 6. The van der Waals surface area contributed by atoms with Crippen molar-refractivity contribution in [2.75, 3.05) is 59.4 Å². The van der Waals surface area contributed by atoms with Crippen LogP contribution in [0.15, 0.2) is 0 Å². The molecule has 1 atom stereocenters. The molecule has 0 fully saturated rings. The van der Waals surface area contributed by atoms with E-state index < -0.39 is 18.0 Å². The summed E-state index contributed by atoms with van der Waals surface area (Å²) in [5.74, 6) is -2.58. The quantitative estimate of drug-likeness (QED) is 0.0579. The fourth-order valence-electron chi connectivity index (χ4n) is 5.24. The SMILES string of the molecule is CC(C)C(=O)COCCOCCCC(=O)COCCOCCNC(=O)CC[C@H](NC(=O)CCCCCCCCCCCCCCCCC(=O)O)C(=O)O. The summed E-state index contributed by atoms with van der Waals surface area (Å²) in [7, 11) is 0. The van der Waals surface area contributed by atoms with Crippen molar-refractivity contribution in [2.45, 2.75) is 148 Å². The molecule has 0 aromatic carbocycles. The van der Waals surface area contributed by atoms with Gasteiger partial charge >= 0.3 is 11.9 Å². The first-order valence-electron chi connectivity index (χ1n) is 19.9. The van der Waals surface area contributed by atoms with Gasteiger partial charge in [-0.3, -0.25) is 24.0 Å². The van der Waals surface area contributed by atoms with Crippen molar-refractivity contribution in [1.82, 2.24) is 10.6 Å². The molecule has 0 heterocycles. The lowest BCUT2D eigenvalue weighted by Gasteiger charge is -2.14. The first-order valence-corrected chi connectivity index (χ1v) is 19.9. The van der Waals surface area contributed by atoms with Crippen molar-refractivity contribution in [3.8, 4) is 0 Å². The van der Waals surface area contributed by atoms with E-state index in [1.165, 1.54) is 44.9 Å². The van der Waals surface area contributed by atoms with Crippen LogP contribution in [-0.2, 0) is 47.7 Å².